The van der Waals surface area contributed by atoms with Gasteiger partial charge >= 0.3 is 0 Å². The third kappa shape index (κ3) is 4.29. The summed E-state index contributed by atoms with van der Waals surface area (Å²) in [6.07, 6.45) is 1.81. The van der Waals surface area contributed by atoms with Crippen molar-refractivity contribution in [3.63, 3.8) is 0 Å². The fourth-order valence-corrected chi connectivity index (χ4v) is 3.78. The molecular formula is C27H22N2O4. The topological polar surface area (TPSA) is 77.1 Å². The minimum absolute atomic E-state index is 0.421. The molecule has 0 bridgehead atoms. The van der Waals surface area contributed by atoms with Crippen molar-refractivity contribution in [3.8, 4) is 28.3 Å². The van der Waals surface area contributed by atoms with Crippen LogP contribution < -0.4 is 10.1 Å². The summed E-state index contributed by atoms with van der Waals surface area (Å²) in [4.78, 5) is 4.54. The van der Waals surface area contributed by atoms with E-state index in [1.54, 1.807) is 13.2 Å². The third-order valence-corrected chi connectivity index (χ3v) is 5.46. The number of rotatable bonds is 6. The lowest BCUT2D eigenvalue weighted by atomic mass is 10.0. The molecule has 2 heterocycles. The first-order valence-corrected chi connectivity index (χ1v) is 10.6. The molecule has 6 heteroatoms. The Bertz CT molecular complexity index is 1510. The first kappa shape index (κ1) is 20.7. The maximum absolute atomic E-state index is 9.64. The first-order chi connectivity index (χ1) is 16.2. The zero-order valence-corrected chi connectivity index (χ0v) is 18.1. The van der Waals surface area contributed by atoms with E-state index in [2.05, 4.69) is 10.1 Å². The van der Waals surface area contributed by atoms with Gasteiger partial charge in [-0.15, -0.1) is 0 Å². The Morgan fingerprint density at radius 2 is 1.73 bits per heavy atom. The zero-order chi connectivity index (χ0) is 22.6. The zero-order valence-electron chi connectivity index (χ0n) is 18.1. The van der Waals surface area contributed by atoms with Crippen LogP contribution in [0.25, 0.3) is 44.3 Å². The molecular weight excluding hydrogens is 416 g/mol. The largest absolute Gasteiger partial charge is 0.491 e. The van der Waals surface area contributed by atoms with Crippen LogP contribution in [0.5, 0.6) is 5.75 Å². The molecule has 1 N–H and O–H groups in total. The number of hydrogen-bond donors (Lipinski definition) is 1. The van der Waals surface area contributed by atoms with Crippen molar-refractivity contribution in [3.05, 3.63) is 90.4 Å². The van der Waals surface area contributed by atoms with Gasteiger partial charge in [-0.2, -0.15) is 0 Å². The van der Waals surface area contributed by atoms with Crippen LogP contribution in [0, 0.1) is 0 Å². The maximum atomic E-state index is 9.64. The molecule has 0 saturated heterocycles. The SMILES string of the molecule is COCCOc1cccc(-c2ccc3/c(=N/O)cc(-c4cc5ccccc5cn4)oc3c2)c1. The smallest absolute Gasteiger partial charge is 0.155 e. The van der Waals surface area contributed by atoms with E-state index in [1.807, 2.05) is 79.0 Å². The Hall–Kier alpha value is -4.16. The second kappa shape index (κ2) is 9.14. The molecule has 0 atom stereocenters. The van der Waals surface area contributed by atoms with Gasteiger partial charge in [-0.05, 0) is 46.8 Å². The number of hydrogen-bond acceptors (Lipinski definition) is 6. The molecule has 0 amide bonds. The predicted molar refractivity (Wildman–Crippen MR) is 127 cm³/mol. The van der Waals surface area contributed by atoms with Gasteiger partial charge in [0.05, 0.1) is 6.61 Å². The second-order valence-electron chi connectivity index (χ2n) is 7.59. The molecule has 2 aromatic heterocycles. The van der Waals surface area contributed by atoms with Crippen LogP contribution in [0.2, 0.25) is 0 Å². The molecule has 6 nitrogen and oxygen atoms in total. The quantitative estimate of drug-likeness (QED) is 0.211. The van der Waals surface area contributed by atoms with Crippen LogP contribution in [0.1, 0.15) is 0 Å². The van der Waals surface area contributed by atoms with Gasteiger partial charge in [0.25, 0.3) is 0 Å². The van der Waals surface area contributed by atoms with E-state index in [0.29, 0.717) is 41.0 Å². The summed E-state index contributed by atoms with van der Waals surface area (Å²) in [7, 11) is 1.65. The Morgan fingerprint density at radius 1 is 0.879 bits per heavy atom. The van der Waals surface area contributed by atoms with Crippen LogP contribution in [-0.4, -0.2) is 30.5 Å². The molecule has 0 saturated carbocycles. The standard InChI is InChI=1S/C27H22N2O4/c1-31-11-12-32-22-8-4-7-18(13-22)20-9-10-23-24(29-30)16-27(33-26(23)15-20)25-14-19-5-2-3-6-21(19)17-28-25/h2-10,13-17,30H,11-12H2,1H3/b29-24+. The molecule has 0 aliphatic rings. The van der Waals surface area contributed by atoms with Crippen molar-refractivity contribution >= 4 is 21.7 Å². The summed E-state index contributed by atoms with van der Waals surface area (Å²) in [5.41, 5.74) is 3.20. The lowest BCUT2D eigenvalue weighted by molar-refractivity contribution is 0.146. The minimum Gasteiger partial charge on any atom is -0.491 e. The summed E-state index contributed by atoms with van der Waals surface area (Å²) in [6, 6.07) is 25.3. The van der Waals surface area contributed by atoms with Crippen LogP contribution in [0.3, 0.4) is 0 Å². The number of nitrogens with zero attached hydrogens (tertiary/aromatic N) is 2. The summed E-state index contributed by atoms with van der Waals surface area (Å²) in [5, 5.41) is 16.4. The van der Waals surface area contributed by atoms with E-state index in [9.17, 15) is 5.21 Å². The van der Waals surface area contributed by atoms with Gasteiger partial charge in [-0.25, -0.2) is 0 Å². The van der Waals surface area contributed by atoms with Crippen molar-refractivity contribution in [2.75, 3.05) is 20.3 Å². The molecule has 0 spiro atoms. The number of pyridine rings is 1. The van der Waals surface area contributed by atoms with Gasteiger partial charge in [0, 0.05) is 30.1 Å². The molecule has 5 aromatic rings. The Labute approximate surface area is 190 Å². The molecule has 3 aromatic carbocycles. The van der Waals surface area contributed by atoms with Crippen molar-refractivity contribution in [1.29, 1.82) is 0 Å². The van der Waals surface area contributed by atoms with Gasteiger partial charge in [0.1, 0.15) is 29.0 Å². The van der Waals surface area contributed by atoms with Crippen molar-refractivity contribution in [2.24, 2.45) is 5.16 Å². The Kier molecular flexibility index (Phi) is 5.74. The van der Waals surface area contributed by atoms with Crippen molar-refractivity contribution < 1.29 is 19.1 Å². The van der Waals surface area contributed by atoms with Gasteiger partial charge in [-0.3, -0.25) is 4.98 Å². The highest BCUT2D eigenvalue weighted by Crippen LogP contribution is 2.29. The van der Waals surface area contributed by atoms with E-state index in [0.717, 1.165) is 27.6 Å². The normalized spacial score (nSPS) is 11.8. The summed E-state index contributed by atoms with van der Waals surface area (Å²) in [5.74, 6) is 1.29. The van der Waals surface area contributed by atoms with Crippen molar-refractivity contribution in [2.45, 2.75) is 0 Å². The molecule has 0 fully saturated rings. The van der Waals surface area contributed by atoms with E-state index in [-0.39, 0.29) is 0 Å². The molecule has 0 unspecified atom stereocenters. The average Bonchev–Trinajstić information content (AvgIpc) is 2.87. The molecule has 33 heavy (non-hydrogen) atoms. The maximum Gasteiger partial charge on any atom is 0.155 e. The Balaban J connectivity index is 1.58. The van der Waals surface area contributed by atoms with Gasteiger partial charge in [0.2, 0.25) is 0 Å². The van der Waals surface area contributed by atoms with Crippen LogP contribution in [-0.2, 0) is 4.74 Å². The predicted octanol–water partition coefficient (Wildman–Crippen LogP) is 5.63. The minimum atomic E-state index is 0.421. The highest BCUT2D eigenvalue weighted by atomic mass is 16.5. The number of methoxy groups -OCH3 is 1. The Morgan fingerprint density at radius 3 is 2.58 bits per heavy atom. The van der Waals surface area contributed by atoms with Gasteiger partial charge in [-0.1, -0.05) is 47.6 Å². The molecule has 164 valence electrons. The third-order valence-electron chi connectivity index (χ3n) is 5.46. The molecule has 5 rings (SSSR count). The van der Waals surface area contributed by atoms with Gasteiger partial charge < -0.3 is 19.1 Å². The highest BCUT2D eigenvalue weighted by molar-refractivity contribution is 5.86. The van der Waals surface area contributed by atoms with Crippen LogP contribution >= 0.6 is 0 Å². The van der Waals surface area contributed by atoms with Crippen molar-refractivity contribution in [1.82, 2.24) is 4.98 Å². The highest BCUT2D eigenvalue weighted by Gasteiger charge is 2.10. The van der Waals surface area contributed by atoms with E-state index >= 15 is 0 Å². The second-order valence-corrected chi connectivity index (χ2v) is 7.59. The lowest BCUT2D eigenvalue weighted by Crippen LogP contribution is -2.04. The molecule has 0 aliphatic heterocycles. The molecule has 0 radical (unpaired) electrons. The fraction of sp³-hybridized carbons (Fsp3) is 0.111. The van der Waals surface area contributed by atoms with E-state index in [4.69, 9.17) is 13.9 Å². The molecule has 0 aliphatic carbocycles. The van der Waals surface area contributed by atoms with E-state index < -0.39 is 0 Å². The van der Waals surface area contributed by atoms with Crippen LogP contribution in [0.15, 0.2) is 94.6 Å². The number of fused-ring (bicyclic) bond motifs is 2. The monoisotopic (exact) mass is 438 g/mol. The summed E-state index contributed by atoms with van der Waals surface area (Å²) in [6.45, 7) is 1.01. The summed E-state index contributed by atoms with van der Waals surface area (Å²) < 4.78 is 17.0. The number of ether oxygens (including phenoxy) is 2. The number of benzene rings is 3. The van der Waals surface area contributed by atoms with Gasteiger partial charge in [0.15, 0.2) is 5.76 Å². The average molecular weight is 438 g/mol. The fourth-order valence-electron chi connectivity index (χ4n) is 3.78. The lowest BCUT2D eigenvalue weighted by Gasteiger charge is -2.09. The first-order valence-electron chi connectivity index (χ1n) is 10.6. The van der Waals surface area contributed by atoms with E-state index in [1.165, 1.54) is 0 Å². The number of aromatic nitrogens is 1. The van der Waals surface area contributed by atoms with Crippen LogP contribution in [0.4, 0.5) is 0 Å². The summed E-state index contributed by atoms with van der Waals surface area (Å²) >= 11 is 0.